The zero-order valence-electron chi connectivity index (χ0n) is 14.9. The van der Waals surface area contributed by atoms with Crippen LogP contribution in [-0.4, -0.2) is 36.9 Å². The SMILES string of the molecule is CN(CC(=O)Nc1ccc(Cl)c(C(F)(F)F)c1)C(=O)CCOc1ccccc1. The second-order valence-electron chi connectivity index (χ2n) is 5.90. The van der Waals surface area contributed by atoms with Crippen molar-refractivity contribution < 1.29 is 27.5 Å². The van der Waals surface area contributed by atoms with Gasteiger partial charge in [0.1, 0.15) is 5.75 Å². The van der Waals surface area contributed by atoms with E-state index >= 15 is 0 Å². The zero-order chi connectivity index (χ0) is 20.7. The van der Waals surface area contributed by atoms with Gasteiger partial charge in [-0.1, -0.05) is 29.8 Å². The maximum atomic E-state index is 12.9. The van der Waals surface area contributed by atoms with E-state index in [1.807, 2.05) is 6.07 Å². The molecule has 2 aromatic carbocycles. The predicted octanol–water partition coefficient (Wildman–Crippen LogP) is 4.22. The van der Waals surface area contributed by atoms with Gasteiger partial charge in [-0.25, -0.2) is 0 Å². The average molecular weight is 415 g/mol. The van der Waals surface area contributed by atoms with Crippen LogP contribution < -0.4 is 10.1 Å². The summed E-state index contributed by atoms with van der Waals surface area (Å²) in [5.74, 6) is -0.340. The number of nitrogens with zero attached hydrogens (tertiary/aromatic N) is 1. The van der Waals surface area contributed by atoms with Crippen LogP contribution in [0.5, 0.6) is 5.75 Å². The molecule has 5 nitrogen and oxygen atoms in total. The van der Waals surface area contributed by atoms with Gasteiger partial charge in [0.2, 0.25) is 11.8 Å². The van der Waals surface area contributed by atoms with Crippen molar-refractivity contribution in [2.75, 3.05) is 25.5 Å². The third-order valence-corrected chi connectivity index (χ3v) is 4.02. The number of rotatable bonds is 7. The number of likely N-dealkylation sites (N-methyl/N-ethyl adjacent to an activating group) is 1. The van der Waals surface area contributed by atoms with E-state index in [-0.39, 0.29) is 31.2 Å². The molecular weight excluding hydrogens is 397 g/mol. The summed E-state index contributed by atoms with van der Waals surface area (Å²) in [4.78, 5) is 25.2. The summed E-state index contributed by atoms with van der Waals surface area (Å²) in [6.45, 7) is -0.172. The minimum atomic E-state index is -4.64. The first kappa shape index (κ1) is 21.6. The van der Waals surface area contributed by atoms with Crippen LogP contribution in [0.25, 0.3) is 0 Å². The quantitative estimate of drug-likeness (QED) is 0.737. The fourth-order valence-electron chi connectivity index (χ4n) is 2.29. The molecule has 0 aliphatic carbocycles. The van der Waals surface area contributed by atoms with Gasteiger partial charge in [-0.05, 0) is 30.3 Å². The molecule has 0 aliphatic rings. The van der Waals surface area contributed by atoms with Crippen LogP contribution in [0.4, 0.5) is 18.9 Å². The molecule has 0 radical (unpaired) electrons. The number of amides is 2. The number of hydrogen-bond donors (Lipinski definition) is 1. The van der Waals surface area contributed by atoms with Gasteiger partial charge in [0.05, 0.1) is 30.2 Å². The van der Waals surface area contributed by atoms with Crippen molar-refractivity contribution in [3.8, 4) is 5.75 Å². The van der Waals surface area contributed by atoms with Crippen molar-refractivity contribution in [3.05, 3.63) is 59.1 Å². The first-order chi connectivity index (χ1) is 13.2. The van der Waals surface area contributed by atoms with Crippen LogP contribution in [0.15, 0.2) is 48.5 Å². The molecule has 0 saturated carbocycles. The Kier molecular flexibility index (Phi) is 7.28. The van der Waals surface area contributed by atoms with Crippen LogP contribution in [0.3, 0.4) is 0 Å². The normalized spacial score (nSPS) is 11.0. The van der Waals surface area contributed by atoms with Gasteiger partial charge in [-0.15, -0.1) is 0 Å². The number of ether oxygens (including phenoxy) is 1. The Balaban J connectivity index is 1.84. The van der Waals surface area contributed by atoms with Gasteiger partial charge in [0.15, 0.2) is 0 Å². The maximum Gasteiger partial charge on any atom is 0.417 e. The Bertz CT molecular complexity index is 829. The third kappa shape index (κ3) is 6.45. The molecule has 150 valence electrons. The lowest BCUT2D eigenvalue weighted by Crippen LogP contribution is -2.35. The summed E-state index contributed by atoms with van der Waals surface area (Å²) in [6.07, 6.45) is -4.58. The van der Waals surface area contributed by atoms with Crippen LogP contribution in [0.2, 0.25) is 5.02 Å². The van der Waals surface area contributed by atoms with Crippen molar-refractivity contribution in [1.82, 2.24) is 4.90 Å². The smallest absolute Gasteiger partial charge is 0.417 e. The summed E-state index contributed by atoms with van der Waals surface area (Å²) in [5.41, 5.74) is -1.11. The molecule has 2 rings (SSSR count). The number of anilines is 1. The number of carbonyl (C=O) groups is 2. The topological polar surface area (TPSA) is 58.6 Å². The average Bonchev–Trinajstić information content (AvgIpc) is 2.63. The Morgan fingerprint density at radius 1 is 1.14 bits per heavy atom. The molecule has 0 atom stereocenters. The highest BCUT2D eigenvalue weighted by atomic mass is 35.5. The van der Waals surface area contributed by atoms with E-state index in [0.29, 0.717) is 5.75 Å². The molecule has 0 unspecified atom stereocenters. The molecule has 0 spiro atoms. The van der Waals surface area contributed by atoms with Crippen molar-refractivity contribution in [2.45, 2.75) is 12.6 Å². The van der Waals surface area contributed by atoms with E-state index in [1.54, 1.807) is 24.3 Å². The first-order valence-electron chi connectivity index (χ1n) is 8.25. The lowest BCUT2D eigenvalue weighted by atomic mass is 10.2. The van der Waals surface area contributed by atoms with E-state index in [1.165, 1.54) is 18.0 Å². The molecule has 2 amide bonds. The minimum Gasteiger partial charge on any atom is -0.493 e. The molecule has 0 fully saturated rings. The van der Waals surface area contributed by atoms with Crippen LogP contribution in [-0.2, 0) is 15.8 Å². The summed E-state index contributed by atoms with van der Waals surface area (Å²) < 4.78 is 44.0. The highest BCUT2D eigenvalue weighted by Gasteiger charge is 2.33. The van der Waals surface area contributed by atoms with Crippen molar-refractivity contribution in [2.24, 2.45) is 0 Å². The third-order valence-electron chi connectivity index (χ3n) is 3.69. The van der Waals surface area contributed by atoms with E-state index < -0.39 is 22.7 Å². The Labute approximate surface area is 165 Å². The number of nitrogens with one attached hydrogen (secondary N) is 1. The summed E-state index contributed by atoms with van der Waals surface area (Å²) in [6, 6.07) is 12.0. The summed E-state index contributed by atoms with van der Waals surface area (Å²) >= 11 is 5.54. The van der Waals surface area contributed by atoms with Gasteiger partial charge in [0.25, 0.3) is 0 Å². The molecule has 9 heteroatoms. The van der Waals surface area contributed by atoms with Crippen LogP contribution >= 0.6 is 11.6 Å². The van der Waals surface area contributed by atoms with Crippen LogP contribution in [0, 0.1) is 0 Å². The highest BCUT2D eigenvalue weighted by Crippen LogP contribution is 2.36. The Morgan fingerprint density at radius 3 is 2.46 bits per heavy atom. The number of halogens is 4. The lowest BCUT2D eigenvalue weighted by Gasteiger charge is -2.17. The highest BCUT2D eigenvalue weighted by molar-refractivity contribution is 6.31. The molecule has 2 aromatic rings. The van der Waals surface area contributed by atoms with E-state index in [0.717, 1.165) is 12.1 Å². The number of benzene rings is 2. The summed E-state index contributed by atoms with van der Waals surface area (Å²) in [5, 5.41) is 1.86. The molecule has 28 heavy (non-hydrogen) atoms. The monoisotopic (exact) mass is 414 g/mol. The molecule has 0 saturated heterocycles. The van der Waals surface area contributed by atoms with Gasteiger partial charge < -0.3 is 15.0 Å². The van der Waals surface area contributed by atoms with Gasteiger partial charge >= 0.3 is 6.18 Å². The summed E-state index contributed by atoms with van der Waals surface area (Å²) in [7, 11) is 1.42. The number of para-hydroxylation sites is 1. The fraction of sp³-hybridized carbons (Fsp3) is 0.263. The predicted molar refractivity (Wildman–Crippen MR) is 99.3 cm³/mol. The molecule has 0 aliphatic heterocycles. The number of hydrogen-bond acceptors (Lipinski definition) is 3. The molecule has 0 bridgehead atoms. The first-order valence-corrected chi connectivity index (χ1v) is 8.63. The second-order valence-corrected chi connectivity index (χ2v) is 6.31. The number of carbonyl (C=O) groups excluding carboxylic acids is 2. The molecule has 0 aromatic heterocycles. The van der Waals surface area contributed by atoms with E-state index in [2.05, 4.69) is 5.32 Å². The van der Waals surface area contributed by atoms with Crippen molar-refractivity contribution in [1.29, 1.82) is 0 Å². The van der Waals surface area contributed by atoms with E-state index in [4.69, 9.17) is 16.3 Å². The van der Waals surface area contributed by atoms with Gasteiger partial charge in [0, 0.05) is 12.7 Å². The Hall–Kier alpha value is -2.74. The standard InChI is InChI=1S/C19H18ClF3N2O3/c1-25(18(27)9-10-28-14-5-3-2-4-6-14)12-17(26)24-13-7-8-16(20)15(11-13)19(21,22)23/h2-8,11H,9-10,12H2,1H3,(H,24,26). The van der Waals surface area contributed by atoms with Gasteiger partial charge in [-0.3, -0.25) is 9.59 Å². The second kappa shape index (κ2) is 9.45. The van der Waals surface area contributed by atoms with Gasteiger partial charge in [-0.2, -0.15) is 13.2 Å². The molecule has 1 N–H and O–H groups in total. The molecule has 0 heterocycles. The van der Waals surface area contributed by atoms with Crippen molar-refractivity contribution in [3.63, 3.8) is 0 Å². The van der Waals surface area contributed by atoms with Crippen LogP contribution in [0.1, 0.15) is 12.0 Å². The largest absolute Gasteiger partial charge is 0.493 e. The van der Waals surface area contributed by atoms with Crippen molar-refractivity contribution >= 4 is 29.1 Å². The minimum absolute atomic E-state index is 0.0534. The fourth-order valence-corrected chi connectivity index (χ4v) is 2.51. The maximum absolute atomic E-state index is 12.9. The molecular formula is C19H18ClF3N2O3. The zero-order valence-corrected chi connectivity index (χ0v) is 15.7. The number of alkyl halides is 3. The lowest BCUT2D eigenvalue weighted by molar-refractivity contribution is -0.137. The van der Waals surface area contributed by atoms with E-state index in [9.17, 15) is 22.8 Å². The Morgan fingerprint density at radius 2 is 1.82 bits per heavy atom.